The summed E-state index contributed by atoms with van der Waals surface area (Å²) in [6.45, 7) is 8.06. The lowest BCUT2D eigenvalue weighted by Gasteiger charge is -2.38. The Morgan fingerprint density at radius 2 is 2.00 bits per heavy atom. The van der Waals surface area contributed by atoms with Crippen LogP contribution in [-0.2, 0) is 6.54 Å². The third-order valence-corrected chi connectivity index (χ3v) is 5.61. The Hall–Kier alpha value is -3.11. The topological polar surface area (TPSA) is 55.5 Å². The van der Waals surface area contributed by atoms with Crippen molar-refractivity contribution in [3.05, 3.63) is 63.1 Å². The Kier molecular flexibility index (Phi) is 5.60. The largest absolute Gasteiger partial charge is 0.365 e. The van der Waals surface area contributed by atoms with Gasteiger partial charge in [0, 0.05) is 46.3 Å². The van der Waals surface area contributed by atoms with Gasteiger partial charge in [-0.1, -0.05) is 12.0 Å². The van der Waals surface area contributed by atoms with Crippen LogP contribution in [0.4, 0.5) is 4.39 Å². The lowest BCUT2D eigenvalue weighted by atomic mass is 10.1. The molecule has 1 fully saturated rings. The molecule has 4 rings (SSSR count). The molecular weight excluding hydrogens is 381 g/mol. The molecule has 2 aromatic rings. The van der Waals surface area contributed by atoms with Gasteiger partial charge in [-0.25, -0.2) is 4.98 Å². The number of aryl methyl sites for hydroxylation is 1. The molecule has 0 bridgehead atoms. The van der Waals surface area contributed by atoms with Crippen LogP contribution >= 0.6 is 0 Å². The number of benzene rings is 1. The predicted octanol–water partition coefficient (Wildman–Crippen LogP) is 2.36. The molecule has 7 heteroatoms. The number of hydrogen-bond donors (Lipinski definition) is 1. The molecule has 156 valence electrons. The van der Waals surface area contributed by atoms with E-state index in [2.05, 4.69) is 37.7 Å². The summed E-state index contributed by atoms with van der Waals surface area (Å²) < 4.78 is 14.4. The van der Waals surface area contributed by atoms with Crippen LogP contribution in [0.3, 0.4) is 0 Å². The monoisotopic (exact) mass is 407 g/mol. The lowest BCUT2D eigenvalue weighted by Crippen LogP contribution is -2.46. The van der Waals surface area contributed by atoms with Crippen LogP contribution in [0.15, 0.2) is 40.7 Å². The SMILES string of the molecule is CC#Cc1cc(CN2CCN(C3=C(F)N(C)CC=C3)CC2)cc2[nH]c(=O)c(C)nc12. The summed E-state index contributed by atoms with van der Waals surface area (Å²) in [6, 6.07) is 4.04. The highest BCUT2D eigenvalue weighted by atomic mass is 19.1. The van der Waals surface area contributed by atoms with Gasteiger partial charge in [0.15, 0.2) is 0 Å². The van der Waals surface area contributed by atoms with Gasteiger partial charge in [0.25, 0.3) is 5.56 Å². The summed E-state index contributed by atoms with van der Waals surface area (Å²) in [5.41, 5.74) is 4.28. The van der Waals surface area contributed by atoms with Gasteiger partial charge in [-0.3, -0.25) is 9.69 Å². The van der Waals surface area contributed by atoms with Crippen LogP contribution < -0.4 is 5.56 Å². The first-order valence-electron chi connectivity index (χ1n) is 10.2. The van der Waals surface area contributed by atoms with Crippen LogP contribution in [0.2, 0.25) is 0 Å². The number of halogens is 1. The Bertz CT molecular complexity index is 1150. The average molecular weight is 407 g/mol. The van der Waals surface area contributed by atoms with Crippen LogP contribution in [-0.4, -0.2) is 64.4 Å². The molecule has 0 radical (unpaired) electrons. The standard InChI is InChI=1S/C23H26FN5O/c1-4-6-18-13-17(14-19-21(18)25-16(2)23(30)26-19)15-28-9-11-29(12-10-28)20-7-5-8-27(3)22(20)24/h5,7,13-14H,8-12,15H2,1-3H3,(H,26,30). The Balaban J connectivity index is 1.52. The van der Waals surface area contributed by atoms with E-state index >= 15 is 0 Å². The summed E-state index contributed by atoms with van der Waals surface area (Å²) in [5.74, 6) is 5.89. The molecule has 0 saturated carbocycles. The smallest absolute Gasteiger partial charge is 0.269 e. The first-order chi connectivity index (χ1) is 14.5. The summed E-state index contributed by atoms with van der Waals surface area (Å²) in [5, 5.41) is 0. The van der Waals surface area contributed by atoms with E-state index in [1.807, 2.05) is 18.2 Å². The van der Waals surface area contributed by atoms with Crippen LogP contribution in [0, 0.1) is 18.8 Å². The van der Waals surface area contributed by atoms with E-state index in [4.69, 9.17) is 0 Å². The molecule has 0 atom stereocenters. The number of rotatable bonds is 3. The van der Waals surface area contributed by atoms with Gasteiger partial charge in [0.05, 0.1) is 16.8 Å². The molecule has 2 aliphatic rings. The molecule has 6 nitrogen and oxygen atoms in total. The zero-order valence-electron chi connectivity index (χ0n) is 17.6. The average Bonchev–Trinajstić information content (AvgIpc) is 2.72. The quantitative estimate of drug-likeness (QED) is 0.625. The highest BCUT2D eigenvalue weighted by Gasteiger charge is 2.23. The number of nitrogens with one attached hydrogen (secondary N) is 1. The van der Waals surface area contributed by atoms with Crippen LogP contribution in [0.25, 0.3) is 11.0 Å². The van der Waals surface area contributed by atoms with Crippen molar-refractivity contribution in [2.75, 3.05) is 39.8 Å². The number of aromatic nitrogens is 2. The summed E-state index contributed by atoms with van der Waals surface area (Å²) >= 11 is 0. The van der Waals surface area contributed by atoms with Crippen molar-refractivity contribution in [2.45, 2.75) is 20.4 Å². The number of allylic oxidation sites excluding steroid dienone is 1. The highest BCUT2D eigenvalue weighted by Crippen LogP contribution is 2.23. The highest BCUT2D eigenvalue weighted by molar-refractivity contribution is 5.82. The van der Waals surface area contributed by atoms with Gasteiger partial charge in [-0.15, -0.1) is 5.92 Å². The second-order valence-corrected chi connectivity index (χ2v) is 7.79. The first kappa shape index (κ1) is 20.2. The molecule has 30 heavy (non-hydrogen) atoms. The van der Waals surface area contributed by atoms with E-state index in [1.54, 1.807) is 25.8 Å². The Morgan fingerprint density at radius 3 is 2.73 bits per heavy atom. The Labute approximate surface area is 175 Å². The molecule has 1 aromatic heterocycles. The minimum absolute atomic E-state index is 0.157. The fraction of sp³-hybridized carbons (Fsp3) is 0.391. The van der Waals surface area contributed by atoms with Crippen molar-refractivity contribution in [2.24, 2.45) is 0 Å². The second kappa shape index (κ2) is 8.33. The van der Waals surface area contributed by atoms with Gasteiger partial charge < -0.3 is 14.8 Å². The number of piperazine rings is 1. The lowest BCUT2D eigenvalue weighted by molar-refractivity contribution is 0.147. The third-order valence-electron chi connectivity index (χ3n) is 5.61. The summed E-state index contributed by atoms with van der Waals surface area (Å²) in [7, 11) is 1.77. The van der Waals surface area contributed by atoms with Crippen molar-refractivity contribution >= 4 is 11.0 Å². The molecule has 0 aliphatic carbocycles. The number of nitrogens with zero attached hydrogens (tertiary/aromatic N) is 4. The first-order valence-corrected chi connectivity index (χ1v) is 10.2. The maximum Gasteiger partial charge on any atom is 0.269 e. The van der Waals surface area contributed by atoms with Crippen molar-refractivity contribution in [3.63, 3.8) is 0 Å². The fourth-order valence-corrected chi connectivity index (χ4v) is 3.97. The normalized spacial score (nSPS) is 17.5. The van der Waals surface area contributed by atoms with Crippen molar-refractivity contribution in [1.29, 1.82) is 0 Å². The van der Waals surface area contributed by atoms with Crippen LogP contribution in [0.5, 0.6) is 0 Å². The maximum absolute atomic E-state index is 14.4. The molecule has 1 N–H and O–H groups in total. The summed E-state index contributed by atoms with van der Waals surface area (Å²) in [6.07, 6.45) is 3.88. The molecule has 3 heterocycles. The van der Waals surface area contributed by atoms with E-state index in [1.165, 1.54) is 0 Å². The van der Waals surface area contributed by atoms with E-state index in [-0.39, 0.29) is 11.5 Å². The molecule has 0 spiro atoms. The number of aromatic amines is 1. The van der Waals surface area contributed by atoms with E-state index < -0.39 is 0 Å². The molecule has 0 unspecified atom stereocenters. The zero-order chi connectivity index (χ0) is 21.3. The van der Waals surface area contributed by atoms with Gasteiger partial charge >= 0.3 is 0 Å². The summed E-state index contributed by atoms with van der Waals surface area (Å²) in [4.78, 5) is 25.5. The van der Waals surface area contributed by atoms with Gasteiger partial charge in [-0.05, 0) is 37.6 Å². The van der Waals surface area contributed by atoms with E-state index in [0.29, 0.717) is 23.5 Å². The maximum atomic E-state index is 14.4. The minimum Gasteiger partial charge on any atom is -0.365 e. The number of H-pyrrole nitrogens is 1. The molecule has 0 amide bonds. The molecule has 1 saturated heterocycles. The Morgan fingerprint density at radius 1 is 1.23 bits per heavy atom. The predicted molar refractivity (Wildman–Crippen MR) is 116 cm³/mol. The van der Waals surface area contributed by atoms with E-state index in [0.717, 1.165) is 49.4 Å². The number of likely N-dealkylation sites (N-methyl/N-ethyl adjacent to an activating group) is 1. The van der Waals surface area contributed by atoms with Crippen molar-refractivity contribution in [1.82, 2.24) is 24.7 Å². The number of fused-ring (bicyclic) bond motifs is 1. The van der Waals surface area contributed by atoms with Gasteiger partial charge in [-0.2, -0.15) is 4.39 Å². The van der Waals surface area contributed by atoms with Crippen molar-refractivity contribution in [3.8, 4) is 11.8 Å². The van der Waals surface area contributed by atoms with Gasteiger partial charge in [0.2, 0.25) is 5.95 Å². The van der Waals surface area contributed by atoms with Gasteiger partial charge in [0.1, 0.15) is 11.2 Å². The second-order valence-electron chi connectivity index (χ2n) is 7.79. The molecular formula is C23H26FN5O. The minimum atomic E-state index is -0.176. The van der Waals surface area contributed by atoms with E-state index in [9.17, 15) is 9.18 Å². The molecule has 1 aromatic carbocycles. The number of hydrogen-bond acceptors (Lipinski definition) is 5. The third kappa shape index (κ3) is 3.96. The van der Waals surface area contributed by atoms with Crippen LogP contribution in [0.1, 0.15) is 23.7 Å². The fourth-order valence-electron chi connectivity index (χ4n) is 3.97. The van der Waals surface area contributed by atoms with Crippen molar-refractivity contribution < 1.29 is 4.39 Å². The molecule has 2 aliphatic heterocycles. The zero-order valence-corrected chi connectivity index (χ0v) is 17.6.